The van der Waals surface area contributed by atoms with E-state index in [2.05, 4.69) is 10.4 Å². The van der Waals surface area contributed by atoms with E-state index in [0.717, 1.165) is 12.8 Å². The molecular weight excluding hydrogens is 240 g/mol. The number of rotatable bonds is 5. The second-order valence-electron chi connectivity index (χ2n) is 4.25. The van der Waals surface area contributed by atoms with Crippen molar-refractivity contribution >= 4 is 15.8 Å². The van der Waals surface area contributed by atoms with Crippen molar-refractivity contribution in [2.75, 3.05) is 19.0 Å². The average Bonchev–Trinajstić information content (AvgIpc) is 3.13. The molecule has 1 aromatic heterocycles. The summed E-state index contributed by atoms with van der Waals surface area (Å²) in [6.45, 7) is 0.579. The zero-order chi connectivity index (χ0) is 12.5. The Labute approximate surface area is 101 Å². The molecule has 0 aliphatic heterocycles. The molecule has 1 aliphatic rings. The molecule has 1 aromatic rings. The number of nitrogen functional groups attached to an aromatic ring is 1. The van der Waals surface area contributed by atoms with Crippen LogP contribution in [0.4, 0.5) is 5.82 Å². The lowest BCUT2D eigenvalue weighted by Crippen LogP contribution is -2.29. The fourth-order valence-electron chi connectivity index (χ4n) is 1.59. The van der Waals surface area contributed by atoms with Gasteiger partial charge in [0.05, 0.1) is 4.90 Å². The van der Waals surface area contributed by atoms with E-state index in [1.165, 1.54) is 22.6 Å². The Morgan fingerprint density at radius 3 is 2.88 bits per heavy atom. The first kappa shape index (κ1) is 12.3. The summed E-state index contributed by atoms with van der Waals surface area (Å²) in [5.74, 6) is 6.06. The Hall–Kier alpha value is -1.18. The van der Waals surface area contributed by atoms with Crippen LogP contribution in [0, 0.1) is 5.92 Å². The molecule has 0 saturated heterocycles. The molecule has 0 bridgehead atoms. The van der Waals surface area contributed by atoms with Gasteiger partial charge in [-0.2, -0.15) is 0 Å². The third-order valence-electron chi connectivity index (χ3n) is 2.80. The lowest BCUT2D eigenvalue weighted by atomic mass is 10.4. The van der Waals surface area contributed by atoms with E-state index in [4.69, 9.17) is 5.84 Å². The van der Waals surface area contributed by atoms with Crippen LogP contribution in [0.2, 0.25) is 0 Å². The van der Waals surface area contributed by atoms with Gasteiger partial charge in [-0.3, -0.25) is 0 Å². The zero-order valence-corrected chi connectivity index (χ0v) is 10.4. The fraction of sp³-hybridized carbons (Fsp3) is 0.500. The van der Waals surface area contributed by atoms with Gasteiger partial charge in [0.15, 0.2) is 0 Å². The highest BCUT2D eigenvalue weighted by Gasteiger charge is 2.29. The number of sulfonamides is 1. The molecule has 0 atom stereocenters. The van der Waals surface area contributed by atoms with Crippen molar-refractivity contribution < 1.29 is 8.42 Å². The Morgan fingerprint density at radius 1 is 1.59 bits per heavy atom. The van der Waals surface area contributed by atoms with Crippen molar-refractivity contribution in [1.82, 2.24) is 9.29 Å². The van der Waals surface area contributed by atoms with Gasteiger partial charge in [-0.15, -0.1) is 0 Å². The first-order chi connectivity index (χ1) is 8.04. The van der Waals surface area contributed by atoms with Gasteiger partial charge in [0.1, 0.15) is 5.82 Å². The van der Waals surface area contributed by atoms with Crippen LogP contribution in [0.15, 0.2) is 23.2 Å². The van der Waals surface area contributed by atoms with Crippen LogP contribution in [-0.4, -0.2) is 31.3 Å². The van der Waals surface area contributed by atoms with E-state index in [0.29, 0.717) is 18.3 Å². The average molecular weight is 256 g/mol. The molecule has 3 N–H and O–H groups in total. The number of hydrogen-bond acceptors (Lipinski definition) is 5. The van der Waals surface area contributed by atoms with Gasteiger partial charge in [0.25, 0.3) is 0 Å². The van der Waals surface area contributed by atoms with E-state index < -0.39 is 10.0 Å². The number of nitrogens with two attached hydrogens (primary N) is 1. The van der Waals surface area contributed by atoms with E-state index in [9.17, 15) is 8.42 Å². The van der Waals surface area contributed by atoms with Crippen molar-refractivity contribution in [3.8, 4) is 0 Å². The standard InChI is InChI=1S/C10H16N4O2S/c1-14(7-8-2-3-8)17(15,16)9-4-5-12-10(6-9)13-11/h4-6,8H,2-3,7,11H2,1H3,(H,12,13). The number of hydrogen-bond donors (Lipinski definition) is 2. The van der Waals surface area contributed by atoms with Crippen LogP contribution < -0.4 is 11.3 Å². The molecule has 2 rings (SSSR count). The zero-order valence-electron chi connectivity index (χ0n) is 9.63. The first-order valence-electron chi connectivity index (χ1n) is 5.43. The summed E-state index contributed by atoms with van der Waals surface area (Å²) in [6.07, 6.45) is 3.66. The highest BCUT2D eigenvalue weighted by atomic mass is 32.2. The number of nitrogens with one attached hydrogen (secondary N) is 1. The Balaban J connectivity index is 2.22. The van der Waals surface area contributed by atoms with Crippen LogP contribution >= 0.6 is 0 Å². The molecule has 6 nitrogen and oxygen atoms in total. The summed E-state index contributed by atoms with van der Waals surface area (Å²) >= 11 is 0. The quantitative estimate of drug-likeness (QED) is 0.588. The van der Waals surface area contributed by atoms with E-state index in [1.54, 1.807) is 7.05 Å². The molecule has 0 radical (unpaired) electrons. The fourth-order valence-corrected chi connectivity index (χ4v) is 2.85. The number of anilines is 1. The van der Waals surface area contributed by atoms with Gasteiger partial charge in [-0.05, 0) is 24.8 Å². The van der Waals surface area contributed by atoms with Crippen molar-refractivity contribution in [1.29, 1.82) is 0 Å². The van der Waals surface area contributed by atoms with Crippen molar-refractivity contribution in [2.24, 2.45) is 11.8 Å². The summed E-state index contributed by atoms with van der Waals surface area (Å²) in [5, 5.41) is 0. The minimum atomic E-state index is -3.43. The maximum atomic E-state index is 12.2. The Bertz CT molecular complexity index is 499. The first-order valence-corrected chi connectivity index (χ1v) is 6.87. The molecule has 0 unspecified atom stereocenters. The summed E-state index contributed by atoms with van der Waals surface area (Å²) in [4.78, 5) is 4.10. The Kier molecular flexibility index (Phi) is 3.32. The summed E-state index contributed by atoms with van der Waals surface area (Å²) < 4.78 is 25.8. The van der Waals surface area contributed by atoms with E-state index >= 15 is 0 Å². The molecule has 17 heavy (non-hydrogen) atoms. The predicted octanol–water partition coefficient (Wildman–Crippen LogP) is 0.398. The van der Waals surface area contributed by atoms with Crippen molar-refractivity contribution in [3.05, 3.63) is 18.3 Å². The summed E-state index contributed by atoms with van der Waals surface area (Å²) in [7, 11) is -1.83. The van der Waals surface area contributed by atoms with Gasteiger partial charge in [0.2, 0.25) is 10.0 Å². The number of aromatic nitrogens is 1. The lowest BCUT2D eigenvalue weighted by molar-refractivity contribution is 0.453. The van der Waals surface area contributed by atoms with Crippen LogP contribution in [0.1, 0.15) is 12.8 Å². The number of nitrogens with zero attached hydrogens (tertiary/aromatic N) is 2. The molecular formula is C10H16N4O2S. The number of hydrazine groups is 1. The van der Waals surface area contributed by atoms with Crippen molar-refractivity contribution in [2.45, 2.75) is 17.7 Å². The molecule has 0 amide bonds. The minimum Gasteiger partial charge on any atom is -0.308 e. The molecule has 0 spiro atoms. The highest BCUT2D eigenvalue weighted by Crippen LogP contribution is 2.31. The predicted molar refractivity (Wildman–Crippen MR) is 64.6 cm³/mol. The third-order valence-corrected chi connectivity index (χ3v) is 4.62. The summed E-state index contributed by atoms with van der Waals surface area (Å²) in [6, 6.07) is 2.90. The van der Waals surface area contributed by atoms with E-state index in [1.807, 2.05) is 0 Å². The van der Waals surface area contributed by atoms with Gasteiger partial charge in [-0.1, -0.05) is 0 Å². The Morgan fingerprint density at radius 2 is 2.29 bits per heavy atom. The van der Waals surface area contributed by atoms with Crippen LogP contribution in [0.5, 0.6) is 0 Å². The van der Waals surface area contributed by atoms with Crippen LogP contribution in [-0.2, 0) is 10.0 Å². The van der Waals surface area contributed by atoms with Crippen LogP contribution in [0.25, 0.3) is 0 Å². The highest BCUT2D eigenvalue weighted by molar-refractivity contribution is 7.89. The normalized spacial score (nSPS) is 16.2. The third kappa shape index (κ3) is 2.74. The largest absolute Gasteiger partial charge is 0.308 e. The SMILES string of the molecule is CN(CC1CC1)S(=O)(=O)c1ccnc(NN)c1. The van der Waals surface area contributed by atoms with Gasteiger partial charge >= 0.3 is 0 Å². The van der Waals surface area contributed by atoms with Gasteiger partial charge in [0, 0.05) is 25.9 Å². The lowest BCUT2D eigenvalue weighted by Gasteiger charge is -2.17. The minimum absolute atomic E-state index is 0.212. The molecule has 1 saturated carbocycles. The maximum absolute atomic E-state index is 12.2. The second-order valence-corrected chi connectivity index (χ2v) is 6.29. The summed E-state index contributed by atoms with van der Waals surface area (Å²) in [5.41, 5.74) is 2.34. The topological polar surface area (TPSA) is 88.3 Å². The molecule has 1 aliphatic carbocycles. The smallest absolute Gasteiger partial charge is 0.243 e. The molecule has 1 heterocycles. The molecule has 94 valence electrons. The molecule has 1 fully saturated rings. The number of pyridine rings is 1. The molecule has 0 aromatic carbocycles. The molecule has 7 heteroatoms. The monoisotopic (exact) mass is 256 g/mol. The van der Waals surface area contributed by atoms with Crippen molar-refractivity contribution in [3.63, 3.8) is 0 Å². The van der Waals surface area contributed by atoms with Gasteiger partial charge < -0.3 is 5.43 Å². The maximum Gasteiger partial charge on any atom is 0.243 e. The van der Waals surface area contributed by atoms with Crippen LogP contribution in [0.3, 0.4) is 0 Å². The second kappa shape index (κ2) is 4.59. The van der Waals surface area contributed by atoms with E-state index in [-0.39, 0.29) is 4.90 Å². The van der Waals surface area contributed by atoms with Gasteiger partial charge in [-0.25, -0.2) is 23.5 Å².